The number of amides is 1. The quantitative estimate of drug-likeness (QED) is 0.921. The highest BCUT2D eigenvalue weighted by Gasteiger charge is 2.27. The molecule has 0 aliphatic carbocycles. The summed E-state index contributed by atoms with van der Waals surface area (Å²) in [6.07, 6.45) is 4.66. The first kappa shape index (κ1) is 18.1. The average Bonchev–Trinajstić information content (AvgIpc) is 2.77. The highest BCUT2D eigenvalue weighted by molar-refractivity contribution is 5.85. The van der Waals surface area contributed by atoms with Gasteiger partial charge >= 0.3 is 0 Å². The van der Waals surface area contributed by atoms with Crippen LogP contribution in [0.4, 0.5) is 5.69 Å². The zero-order valence-electron chi connectivity index (χ0n) is 14.0. The summed E-state index contributed by atoms with van der Waals surface area (Å²) in [5, 5.41) is 3.44. The van der Waals surface area contributed by atoms with Gasteiger partial charge in [0.25, 0.3) is 0 Å². The molecule has 4 nitrogen and oxygen atoms in total. The smallest absolute Gasteiger partial charge is 0.242 e. The number of hydrogen-bond donors (Lipinski definition) is 1. The minimum Gasteiger partial charge on any atom is -0.361 e. The Morgan fingerprint density at radius 3 is 2.91 bits per heavy atom. The van der Waals surface area contributed by atoms with Gasteiger partial charge in [-0.15, -0.1) is 12.4 Å². The van der Waals surface area contributed by atoms with Crippen molar-refractivity contribution in [1.82, 2.24) is 10.2 Å². The van der Waals surface area contributed by atoms with Crippen LogP contribution in [0.1, 0.15) is 38.2 Å². The second kappa shape index (κ2) is 8.55. The first-order valence-corrected chi connectivity index (χ1v) is 8.62. The van der Waals surface area contributed by atoms with Crippen molar-refractivity contribution in [2.75, 3.05) is 31.1 Å². The number of carbonyl (C=O) groups excluding carboxylic acids is 1. The molecule has 0 bridgehead atoms. The van der Waals surface area contributed by atoms with Crippen LogP contribution in [0.5, 0.6) is 0 Å². The van der Waals surface area contributed by atoms with E-state index < -0.39 is 0 Å². The van der Waals surface area contributed by atoms with Crippen molar-refractivity contribution >= 4 is 24.0 Å². The zero-order chi connectivity index (χ0) is 15.4. The van der Waals surface area contributed by atoms with E-state index in [1.807, 2.05) is 0 Å². The monoisotopic (exact) mass is 337 g/mol. The molecule has 1 saturated heterocycles. The molecule has 1 fully saturated rings. The summed E-state index contributed by atoms with van der Waals surface area (Å²) < 4.78 is 0. The lowest BCUT2D eigenvalue weighted by molar-refractivity contribution is -0.133. The number of piperidine rings is 1. The number of para-hydroxylation sites is 1. The van der Waals surface area contributed by atoms with Crippen molar-refractivity contribution in [3.8, 4) is 0 Å². The molecule has 2 aliphatic rings. The van der Waals surface area contributed by atoms with Gasteiger partial charge in [0.15, 0.2) is 0 Å². The van der Waals surface area contributed by atoms with Crippen molar-refractivity contribution in [2.45, 2.75) is 45.2 Å². The van der Waals surface area contributed by atoms with Crippen molar-refractivity contribution in [2.24, 2.45) is 0 Å². The number of nitrogens with one attached hydrogen (secondary N) is 1. The van der Waals surface area contributed by atoms with E-state index in [0.29, 0.717) is 18.5 Å². The first-order chi connectivity index (χ1) is 10.8. The van der Waals surface area contributed by atoms with E-state index in [9.17, 15) is 4.79 Å². The minimum atomic E-state index is 0. The fourth-order valence-electron chi connectivity index (χ4n) is 3.70. The highest BCUT2D eigenvalue weighted by Crippen LogP contribution is 2.24. The predicted molar refractivity (Wildman–Crippen MR) is 97.3 cm³/mol. The fourth-order valence-corrected chi connectivity index (χ4v) is 3.70. The molecule has 1 aromatic carbocycles. The Balaban J connectivity index is 0.00000192. The van der Waals surface area contributed by atoms with Gasteiger partial charge in [-0.1, -0.05) is 25.1 Å². The molecule has 0 saturated carbocycles. The third kappa shape index (κ3) is 4.18. The third-order valence-electron chi connectivity index (χ3n) is 4.95. The molecule has 0 aromatic heterocycles. The van der Waals surface area contributed by atoms with Crippen LogP contribution in [0.3, 0.4) is 0 Å². The van der Waals surface area contributed by atoms with Crippen molar-refractivity contribution in [1.29, 1.82) is 0 Å². The van der Waals surface area contributed by atoms with Crippen LogP contribution in [0.15, 0.2) is 24.3 Å². The Morgan fingerprint density at radius 2 is 2.09 bits per heavy atom. The summed E-state index contributed by atoms with van der Waals surface area (Å²) in [5.74, 6) is 0.295. The number of halogens is 1. The Hall–Kier alpha value is -1.26. The maximum Gasteiger partial charge on any atom is 0.242 e. The molecule has 23 heavy (non-hydrogen) atoms. The number of carbonyl (C=O) groups is 1. The lowest BCUT2D eigenvalue weighted by Gasteiger charge is -2.37. The second-order valence-electron chi connectivity index (χ2n) is 6.37. The van der Waals surface area contributed by atoms with E-state index in [-0.39, 0.29) is 12.4 Å². The maximum absolute atomic E-state index is 12.8. The van der Waals surface area contributed by atoms with Gasteiger partial charge in [0.2, 0.25) is 5.91 Å². The number of rotatable bonds is 3. The average molecular weight is 338 g/mol. The first-order valence-electron chi connectivity index (χ1n) is 8.62. The summed E-state index contributed by atoms with van der Waals surface area (Å²) in [4.78, 5) is 17.2. The molecular formula is C18H28ClN3O. The maximum atomic E-state index is 12.8. The Bertz CT molecular complexity index is 523. The minimum absolute atomic E-state index is 0. The number of hydrogen-bond acceptors (Lipinski definition) is 3. The fraction of sp³-hybridized carbons (Fsp3) is 0.611. The molecule has 1 aromatic rings. The van der Waals surface area contributed by atoms with Gasteiger partial charge < -0.3 is 15.1 Å². The molecule has 1 amide bonds. The van der Waals surface area contributed by atoms with Gasteiger partial charge in [0.05, 0.1) is 6.54 Å². The molecule has 5 heteroatoms. The van der Waals surface area contributed by atoms with E-state index in [4.69, 9.17) is 0 Å². The van der Waals surface area contributed by atoms with Gasteiger partial charge in [0.1, 0.15) is 0 Å². The van der Waals surface area contributed by atoms with E-state index in [2.05, 4.69) is 46.3 Å². The van der Waals surface area contributed by atoms with Crippen molar-refractivity contribution < 1.29 is 4.79 Å². The Morgan fingerprint density at radius 1 is 1.26 bits per heavy atom. The van der Waals surface area contributed by atoms with Crippen LogP contribution >= 0.6 is 12.4 Å². The van der Waals surface area contributed by atoms with Crippen LogP contribution < -0.4 is 10.2 Å². The summed E-state index contributed by atoms with van der Waals surface area (Å²) in [6.45, 7) is 6.36. The van der Waals surface area contributed by atoms with Gasteiger partial charge in [-0.3, -0.25) is 4.79 Å². The molecule has 1 N–H and O–H groups in total. The van der Waals surface area contributed by atoms with Gasteiger partial charge in [-0.25, -0.2) is 0 Å². The van der Waals surface area contributed by atoms with E-state index in [1.165, 1.54) is 24.1 Å². The van der Waals surface area contributed by atoms with E-state index in [1.54, 1.807) is 0 Å². The highest BCUT2D eigenvalue weighted by atomic mass is 35.5. The molecule has 1 unspecified atom stereocenters. The Labute approximate surface area is 145 Å². The van der Waals surface area contributed by atoms with Crippen LogP contribution in [-0.2, 0) is 11.3 Å². The number of anilines is 1. The number of nitrogens with zero attached hydrogens (tertiary/aromatic N) is 2. The number of fused-ring (bicyclic) bond motifs is 1. The molecular weight excluding hydrogens is 310 g/mol. The van der Waals surface area contributed by atoms with E-state index in [0.717, 1.165) is 39.0 Å². The summed E-state index contributed by atoms with van der Waals surface area (Å²) in [7, 11) is 0. The van der Waals surface area contributed by atoms with Gasteiger partial charge in [-0.2, -0.15) is 0 Å². The molecule has 128 valence electrons. The van der Waals surface area contributed by atoms with Crippen LogP contribution in [-0.4, -0.2) is 43.0 Å². The van der Waals surface area contributed by atoms with Crippen LogP contribution in [0, 0.1) is 0 Å². The molecule has 1 atom stereocenters. The SMILES string of the molecule is CCC1CCCCN1C(=O)CN1CCNCc2ccccc21.Cl. The molecule has 0 spiro atoms. The van der Waals surface area contributed by atoms with Gasteiger partial charge in [-0.05, 0) is 37.3 Å². The third-order valence-corrected chi connectivity index (χ3v) is 4.95. The van der Waals surface area contributed by atoms with E-state index >= 15 is 0 Å². The second-order valence-corrected chi connectivity index (χ2v) is 6.37. The van der Waals surface area contributed by atoms with Gasteiger partial charge in [0, 0.05) is 37.9 Å². The van der Waals surface area contributed by atoms with Crippen molar-refractivity contribution in [3.63, 3.8) is 0 Å². The van der Waals surface area contributed by atoms with Crippen LogP contribution in [0.2, 0.25) is 0 Å². The zero-order valence-corrected chi connectivity index (χ0v) is 14.8. The molecule has 2 heterocycles. The standard InChI is InChI=1S/C18H27N3O.ClH/c1-2-16-8-5-6-11-21(16)18(22)14-20-12-10-19-13-15-7-3-4-9-17(15)20;/h3-4,7,9,16,19H,2,5-6,8,10-14H2,1H3;1H. The summed E-state index contributed by atoms with van der Waals surface area (Å²) in [5.41, 5.74) is 2.50. The molecule has 0 radical (unpaired) electrons. The number of likely N-dealkylation sites (tertiary alicyclic amines) is 1. The predicted octanol–water partition coefficient (Wildman–Crippen LogP) is 2.81. The Kier molecular flexibility index (Phi) is 6.72. The normalized spacial score (nSPS) is 21.2. The number of benzene rings is 1. The topological polar surface area (TPSA) is 35.6 Å². The lowest BCUT2D eigenvalue weighted by Crippen LogP contribution is -2.48. The summed E-state index contributed by atoms with van der Waals surface area (Å²) in [6, 6.07) is 8.88. The molecule has 3 rings (SSSR count). The molecule has 2 aliphatic heterocycles. The lowest BCUT2D eigenvalue weighted by atomic mass is 10.00. The van der Waals surface area contributed by atoms with Crippen molar-refractivity contribution in [3.05, 3.63) is 29.8 Å². The van der Waals surface area contributed by atoms with Crippen LogP contribution in [0.25, 0.3) is 0 Å². The largest absolute Gasteiger partial charge is 0.361 e. The summed E-state index contributed by atoms with van der Waals surface area (Å²) >= 11 is 0.